The molecule has 4 aromatic rings. The van der Waals surface area contributed by atoms with Gasteiger partial charge in [-0.05, 0) is 12.1 Å². The molecule has 232 valence electrons. The van der Waals surface area contributed by atoms with Gasteiger partial charge in [-0.3, -0.25) is 14.2 Å². The number of benzene rings is 2. The molecule has 2 aromatic heterocycles. The van der Waals surface area contributed by atoms with E-state index in [1.165, 1.54) is 11.5 Å². The second-order valence-electron chi connectivity index (χ2n) is 11.4. The average molecular weight is 647 g/mol. The molecule has 0 bridgehead atoms. The predicted molar refractivity (Wildman–Crippen MR) is 171 cm³/mol. The van der Waals surface area contributed by atoms with Crippen LogP contribution in [0.5, 0.6) is 11.6 Å². The number of carbonyl (C=O) groups is 1. The number of carbonyl (C=O) groups excluding carboxylic acids is 1. The summed E-state index contributed by atoms with van der Waals surface area (Å²) in [6.45, 7) is 3.98. The van der Waals surface area contributed by atoms with Gasteiger partial charge in [-0.1, -0.05) is 53.7 Å². The molecular formula is C31H31ClN8O4S. The van der Waals surface area contributed by atoms with Gasteiger partial charge in [0.25, 0.3) is 5.56 Å². The summed E-state index contributed by atoms with van der Waals surface area (Å²) in [5, 5.41) is 14.4. The van der Waals surface area contributed by atoms with Crippen molar-refractivity contribution < 1.29 is 14.6 Å². The maximum atomic E-state index is 13.3. The van der Waals surface area contributed by atoms with E-state index in [1.54, 1.807) is 18.2 Å². The summed E-state index contributed by atoms with van der Waals surface area (Å²) in [4.78, 5) is 42.2. The standard InChI is InChI=1S/C31H31ClN8O4S/c1-16(41)24-27(39-12-9-31(10-13-39)25(33)17-5-2-3-7-19(17)44-31)38-26(34)29(37-24)45-20-8-4-6-18(23(20)32)22-28(42)36-21-15-35-11-14-40(21)30(22)43/h2-8,25,35,42H,9-15,33H2,1H3,(H2,34,38)/t25-/m1/s1. The number of nitrogens with two attached hydrogens (primary N) is 2. The second-order valence-corrected chi connectivity index (χ2v) is 12.8. The molecule has 2 aromatic carbocycles. The molecule has 0 aliphatic carbocycles. The van der Waals surface area contributed by atoms with Gasteiger partial charge in [-0.25, -0.2) is 9.97 Å². The molecule has 0 radical (unpaired) electrons. The van der Waals surface area contributed by atoms with E-state index in [9.17, 15) is 14.7 Å². The number of nitrogen functional groups attached to an aromatic ring is 1. The highest BCUT2D eigenvalue weighted by Gasteiger charge is 2.48. The highest BCUT2D eigenvalue weighted by atomic mass is 35.5. The quantitative estimate of drug-likeness (QED) is 0.233. The minimum Gasteiger partial charge on any atom is -0.493 e. The molecular weight excluding hydrogens is 616 g/mol. The summed E-state index contributed by atoms with van der Waals surface area (Å²) >= 11 is 7.95. The molecule has 0 amide bonds. The third-order valence-corrected chi connectivity index (χ3v) is 10.3. The van der Waals surface area contributed by atoms with Crippen molar-refractivity contribution in [3.63, 3.8) is 0 Å². The number of hydrogen-bond acceptors (Lipinski definition) is 12. The topological polar surface area (TPSA) is 175 Å². The maximum absolute atomic E-state index is 13.3. The van der Waals surface area contributed by atoms with Gasteiger partial charge in [0.05, 0.1) is 17.6 Å². The fourth-order valence-electron chi connectivity index (χ4n) is 6.33. The molecule has 7 rings (SSSR count). The molecule has 45 heavy (non-hydrogen) atoms. The molecule has 1 fully saturated rings. The van der Waals surface area contributed by atoms with Crippen molar-refractivity contribution in [2.75, 3.05) is 30.3 Å². The average Bonchev–Trinajstić information content (AvgIpc) is 3.30. The van der Waals surface area contributed by atoms with E-state index in [0.717, 1.165) is 23.1 Å². The van der Waals surface area contributed by atoms with E-state index in [1.807, 2.05) is 29.2 Å². The normalized spacial score (nSPS) is 18.4. The van der Waals surface area contributed by atoms with Gasteiger partial charge in [0.15, 0.2) is 17.4 Å². The SMILES string of the molecule is CC(=O)c1nc(Sc2cccc(-c3c(O)nc4n(c3=O)CCNC4)c2Cl)c(N)nc1N1CCC2(CC1)Oc1ccccc1[C@H]2N. The van der Waals surface area contributed by atoms with Crippen LogP contribution in [0.3, 0.4) is 0 Å². The van der Waals surface area contributed by atoms with E-state index >= 15 is 0 Å². The Labute approximate surface area is 267 Å². The third kappa shape index (κ3) is 4.99. The van der Waals surface area contributed by atoms with Gasteiger partial charge < -0.3 is 31.5 Å². The number of halogens is 1. The fourth-order valence-corrected chi connectivity index (χ4v) is 7.51. The Bertz CT molecular complexity index is 1910. The number of piperidine rings is 1. The summed E-state index contributed by atoms with van der Waals surface area (Å²) in [5.41, 5.74) is 13.7. The number of fused-ring (bicyclic) bond motifs is 2. The highest BCUT2D eigenvalue weighted by Crippen LogP contribution is 2.48. The molecule has 1 atom stereocenters. The summed E-state index contributed by atoms with van der Waals surface area (Å²) < 4.78 is 7.91. The first-order valence-corrected chi connectivity index (χ1v) is 15.8. The number of aromatic nitrogens is 4. The van der Waals surface area contributed by atoms with Crippen LogP contribution in [0.2, 0.25) is 5.02 Å². The van der Waals surface area contributed by atoms with Crippen LogP contribution >= 0.6 is 23.4 Å². The van der Waals surface area contributed by atoms with Gasteiger partial charge in [-0.2, -0.15) is 4.98 Å². The van der Waals surface area contributed by atoms with Gasteiger partial charge in [0, 0.05) is 62.0 Å². The van der Waals surface area contributed by atoms with Gasteiger partial charge in [-0.15, -0.1) is 0 Å². The molecule has 3 aliphatic rings. The Morgan fingerprint density at radius 2 is 1.91 bits per heavy atom. The Hall–Kier alpha value is -4.17. The van der Waals surface area contributed by atoms with Crippen LogP contribution in [-0.4, -0.2) is 55.6 Å². The zero-order valence-electron chi connectivity index (χ0n) is 24.4. The number of ether oxygens (including phenoxy) is 1. The van der Waals surface area contributed by atoms with Crippen LogP contribution in [0.4, 0.5) is 11.6 Å². The Morgan fingerprint density at radius 3 is 2.67 bits per heavy atom. The van der Waals surface area contributed by atoms with E-state index in [4.69, 9.17) is 27.8 Å². The molecule has 12 nitrogen and oxygen atoms in total. The molecule has 1 saturated heterocycles. The number of Topliss-reactive ketones (excluding diaryl/α,β-unsaturated/α-hetero) is 1. The molecule has 0 saturated carbocycles. The van der Waals surface area contributed by atoms with Crippen LogP contribution in [0, 0.1) is 0 Å². The molecule has 5 heterocycles. The number of nitrogens with zero attached hydrogens (tertiary/aromatic N) is 5. The Morgan fingerprint density at radius 1 is 1.13 bits per heavy atom. The number of ketones is 1. The minimum atomic E-state index is -0.519. The number of para-hydroxylation sites is 1. The van der Waals surface area contributed by atoms with Crippen molar-refractivity contribution in [3.05, 3.63) is 74.9 Å². The third-order valence-electron chi connectivity index (χ3n) is 8.71. The van der Waals surface area contributed by atoms with Crippen LogP contribution in [0.25, 0.3) is 11.1 Å². The minimum absolute atomic E-state index is 0.0175. The molecule has 6 N–H and O–H groups in total. The summed E-state index contributed by atoms with van der Waals surface area (Å²) in [5.74, 6) is 1.17. The zero-order chi connectivity index (χ0) is 31.5. The number of nitrogens with one attached hydrogen (secondary N) is 1. The lowest BCUT2D eigenvalue weighted by Crippen LogP contribution is -2.52. The molecule has 0 unspecified atom stereocenters. The fraction of sp³-hybridized carbons (Fsp3) is 0.323. The van der Waals surface area contributed by atoms with Crippen LogP contribution < -0.4 is 32.0 Å². The van der Waals surface area contributed by atoms with Gasteiger partial charge in [0.2, 0.25) is 5.88 Å². The smallest absolute Gasteiger partial charge is 0.265 e. The highest BCUT2D eigenvalue weighted by molar-refractivity contribution is 7.99. The van der Waals surface area contributed by atoms with Crippen molar-refractivity contribution in [3.8, 4) is 22.8 Å². The lowest BCUT2D eigenvalue weighted by atomic mass is 9.83. The Kier molecular flexibility index (Phi) is 7.43. The number of hydrogen-bond donors (Lipinski definition) is 4. The Balaban J connectivity index is 1.16. The van der Waals surface area contributed by atoms with E-state index in [2.05, 4.69) is 20.3 Å². The van der Waals surface area contributed by atoms with E-state index in [0.29, 0.717) is 72.7 Å². The lowest BCUT2D eigenvalue weighted by molar-refractivity contribution is 0.0430. The summed E-state index contributed by atoms with van der Waals surface area (Å²) in [6, 6.07) is 12.7. The van der Waals surface area contributed by atoms with Crippen molar-refractivity contribution in [1.82, 2.24) is 24.8 Å². The first-order valence-electron chi connectivity index (χ1n) is 14.6. The lowest BCUT2D eigenvalue weighted by Gasteiger charge is -2.41. The number of aromatic hydroxyl groups is 1. The van der Waals surface area contributed by atoms with Crippen LogP contribution in [-0.2, 0) is 13.1 Å². The van der Waals surface area contributed by atoms with Crippen molar-refractivity contribution in [2.45, 2.75) is 54.4 Å². The first kappa shape index (κ1) is 29.5. The van der Waals surface area contributed by atoms with Crippen molar-refractivity contribution >= 4 is 40.8 Å². The first-order chi connectivity index (χ1) is 21.7. The van der Waals surface area contributed by atoms with Gasteiger partial charge >= 0.3 is 0 Å². The summed E-state index contributed by atoms with van der Waals surface area (Å²) in [6.07, 6.45) is 1.28. The summed E-state index contributed by atoms with van der Waals surface area (Å²) in [7, 11) is 0. The molecule has 3 aliphatic heterocycles. The number of anilines is 2. The van der Waals surface area contributed by atoms with E-state index in [-0.39, 0.29) is 39.5 Å². The zero-order valence-corrected chi connectivity index (χ0v) is 26.0. The van der Waals surface area contributed by atoms with E-state index < -0.39 is 11.5 Å². The van der Waals surface area contributed by atoms with Crippen LogP contribution in [0.15, 0.2) is 57.2 Å². The molecule has 14 heteroatoms. The van der Waals surface area contributed by atoms with Gasteiger partial charge in [0.1, 0.15) is 33.5 Å². The maximum Gasteiger partial charge on any atom is 0.265 e. The number of rotatable bonds is 5. The predicted octanol–water partition coefficient (Wildman–Crippen LogP) is 3.53. The van der Waals surface area contributed by atoms with Crippen LogP contribution in [0.1, 0.15) is 47.7 Å². The monoisotopic (exact) mass is 646 g/mol. The van der Waals surface area contributed by atoms with Crippen molar-refractivity contribution in [1.29, 1.82) is 0 Å². The molecule has 1 spiro atoms. The second kappa shape index (κ2) is 11.3. The van der Waals surface area contributed by atoms with Crippen molar-refractivity contribution in [2.24, 2.45) is 5.73 Å². The largest absolute Gasteiger partial charge is 0.493 e.